The zero-order valence-electron chi connectivity index (χ0n) is 16.0. The van der Waals surface area contributed by atoms with Crippen molar-refractivity contribution in [3.8, 4) is 0 Å². The van der Waals surface area contributed by atoms with Crippen molar-refractivity contribution in [3.63, 3.8) is 0 Å². The summed E-state index contributed by atoms with van der Waals surface area (Å²) in [6.45, 7) is 5.85. The Labute approximate surface area is 160 Å². The number of ether oxygens (including phenoxy) is 1. The highest BCUT2D eigenvalue weighted by Gasteiger charge is 2.44. The zero-order chi connectivity index (χ0) is 19.0. The van der Waals surface area contributed by atoms with Crippen molar-refractivity contribution in [2.45, 2.75) is 51.4 Å². The van der Waals surface area contributed by atoms with Crippen LogP contribution in [0.3, 0.4) is 0 Å². The maximum absolute atomic E-state index is 12.3. The fourth-order valence-corrected chi connectivity index (χ4v) is 4.90. The van der Waals surface area contributed by atoms with Crippen LogP contribution in [0.4, 0.5) is 0 Å². The molecule has 0 saturated carbocycles. The molecule has 2 aromatic rings. The smallest absolute Gasteiger partial charge is 0.335 e. The molecular formula is C22H28N2O3. The normalized spacial score (nSPS) is 29.4. The lowest BCUT2D eigenvalue weighted by Gasteiger charge is -2.51. The van der Waals surface area contributed by atoms with Crippen molar-refractivity contribution in [1.29, 1.82) is 0 Å². The number of aliphatic hydroxyl groups is 1. The van der Waals surface area contributed by atoms with Crippen LogP contribution in [0, 0.1) is 11.8 Å². The molecule has 1 aromatic carbocycles. The Morgan fingerprint density at radius 3 is 2.89 bits per heavy atom. The van der Waals surface area contributed by atoms with Gasteiger partial charge in [-0.3, -0.25) is 9.88 Å². The molecule has 5 rings (SSSR count). The Morgan fingerprint density at radius 1 is 1.37 bits per heavy atom. The van der Waals surface area contributed by atoms with Crippen molar-refractivity contribution in [2.75, 3.05) is 13.1 Å². The van der Waals surface area contributed by atoms with Gasteiger partial charge in [0.2, 0.25) is 0 Å². The second kappa shape index (κ2) is 7.56. The predicted molar refractivity (Wildman–Crippen MR) is 104 cm³/mol. The summed E-state index contributed by atoms with van der Waals surface area (Å²) >= 11 is 0. The molecule has 6 atom stereocenters. The van der Waals surface area contributed by atoms with E-state index in [1.807, 2.05) is 30.3 Å². The van der Waals surface area contributed by atoms with Gasteiger partial charge in [0, 0.05) is 23.7 Å². The molecule has 5 heteroatoms. The molecule has 27 heavy (non-hydrogen) atoms. The van der Waals surface area contributed by atoms with Gasteiger partial charge in [-0.25, -0.2) is 4.79 Å². The van der Waals surface area contributed by atoms with Gasteiger partial charge in [0.15, 0.2) is 0 Å². The molecule has 0 radical (unpaired) electrons. The predicted octanol–water partition coefficient (Wildman–Crippen LogP) is 3.32. The minimum absolute atomic E-state index is 0.153. The van der Waals surface area contributed by atoms with Gasteiger partial charge < -0.3 is 9.84 Å². The SMILES string of the molecule is CC[C@H]1CN2CC[C@H]1C[C@H]2[C@H](OC(=O)[C@@H](C)O)c1ccnc2ccccc12. The zero-order valence-corrected chi connectivity index (χ0v) is 16.0. The Kier molecular flexibility index (Phi) is 5.15. The van der Waals surface area contributed by atoms with Crippen LogP contribution in [-0.2, 0) is 9.53 Å². The summed E-state index contributed by atoms with van der Waals surface area (Å²) in [4.78, 5) is 19.3. The van der Waals surface area contributed by atoms with Crippen LogP contribution in [-0.4, -0.2) is 46.2 Å². The molecule has 1 unspecified atom stereocenters. The number of piperidine rings is 3. The van der Waals surface area contributed by atoms with E-state index in [2.05, 4.69) is 16.8 Å². The number of pyridine rings is 1. The number of nitrogens with zero attached hydrogens (tertiary/aromatic N) is 2. The van der Waals surface area contributed by atoms with Gasteiger partial charge in [-0.2, -0.15) is 0 Å². The van der Waals surface area contributed by atoms with E-state index < -0.39 is 12.1 Å². The molecule has 3 fully saturated rings. The topological polar surface area (TPSA) is 62.7 Å². The summed E-state index contributed by atoms with van der Waals surface area (Å²) < 4.78 is 5.91. The van der Waals surface area contributed by atoms with Crippen molar-refractivity contribution < 1.29 is 14.6 Å². The standard InChI is InChI=1S/C22H28N2O3/c1-3-15-13-24-11-9-16(15)12-20(24)21(27-22(26)14(2)25)18-8-10-23-19-7-5-4-6-17(18)19/h4-8,10,14-16,20-21,25H,3,9,11-13H2,1-2H3/t14-,15+,16+,20+,21-/m1/s1. The van der Waals surface area contributed by atoms with Crippen LogP contribution in [0.1, 0.15) is 44.8 Å². The van der Waals surface area contributed by atoms with Crippen LogP contribution < -0.4 is 0 Å². The van der Waals surface area contributed by atoms with Gasteiger partial charge in [0.1, 0.15) is 12.2 Å². The number of rotatable bonds is 5. The average molecular weight is 368 g/mol. The molecule has 144 valence electrons. The third kappa shape index (κ3) is 3.46. The molecule has 3 aliphatic heterocycles. The minimum Gasteiger partial charge on any atom is -0.454 e. The highest BCUT2D eigenvalue weighted by molar-refractivity contribution is 5.83. The number of hydrogen-bond donors (Lipinski definition) is 1. The molecular weight excluding hydrogens is 340 g/mol. The number of aromatic nitrogens is 1. The van der Waals surface area contributed by atoms with E-state index in [0.29, 0.717) is 5.92 Å². The lowest BCUT2D eigenvalue weighted by Crippen LogP contribution is -2.55. The summed E-state index contributed by atoms with van der Waals surface area (Å²) in [5, 5.41) is 10.8. The highest BCUT2D eigenvalue weighted by Crippen LogP contribution is 2.44. The summed E-state index contributed by atoms with van der Waals surface area (Å²) in [5.74, 6) is 0.860. The number of carbonyl (C=O) groups is 1. The summed E-state index contributed by atoms with van der Waals surface area (Å²) in [6.07, 6.45) is 3.73. The number of fused-ring (bicyclic) bond motifs is 4. The van der Waals surface area contributed by atoms with E-state index >= 15 is 0 Å². The fourth-order valence-electron chi connectivity index (χ4n) is 4.90. The molecule has 0 spiro atoms. The van der Waals surface area contributed by atoms with E-state index in [1.54, 1.807) is 6.20 Å². The fraction of sp³-hybridized carbons (Fsp3) is 0.545. The van der Waals surface area contributed by atoms with Crippen molar-refractivity contribution in [1.82, 2.24) is 9.88 Å². The minimum atomic E-state index is -1.13. The molecule has 1 N–H and O–H groups in total. The monoisotopic (exact) mass is 368 g/mol. The Hall–Kier alpha value is -1.98. The van der Waals surface area contributed by atoms with Crippen LogP contribution in [0.2, 0.25) is 0 Å². The number of para-hydroxylation sites is 1. The van der Waals surface area contributed by atoms with Gasteiger partial charge in [0.25, 0.3) is 0 Å². The summed E-state index contributed by atoms with van der Waals surface area (Å²) in [6, 6.07) is 10.1. The number of aliphatic hydroxyl groups excluding tert-OH is 1. The maximum Gasteiger partial charge on any atom is 0.335 e. The van der Waals surface area contributed by atoms with Gasteiger partial charge in [-0.05, 0) is 50.3 Å². The van der Waals surface area contributed by atoms with Crippen LogP contribution in [0.25, 0.3) is 10.9 Å². The highest BCUT2D eigenvalue weighted by atomic mass is 16.6. The molecule has 0 aliphatic carbocycles. The first-order valence-electron chi connectivity index (χ1n) is 10.0. The molecule has 3 aliphatic rings. The van der Waals surface area contributed by atoms with Crippen molar-refractivity contribution in [2.24, 2.45) is 11.8 Å². The molecule has 0 amide bonds. The first kappa shape index (κ1) is 18.4. The Morgan fingerprint density at radius 2 is 2.19 bits per heavy atom. The van der Waals surface area contributed by atoms with Crippen LogP contribution in [0.5, 0.6) is 0 Å². The van der Waals surface area contributed by atoms with Crippen molar-refractivity contribution >= 4 is 16.9 Å². The van der Waals surface area contributed by atoms with E-state index in [4.69, 9.17) is 4.74 Å². The first-order valence-corrected chi connectivity index (χ1v) is 10.0. The molecule has 5 nitrogen and oxygen atoms in total. The van der Waals surface area contributed by atoms with E-state index in [9.17, 15) is 9.90 Å². The van der Waals surface area contributed by atoms with Crippen LogP contribution in [0.15, 0.2) is 36.5 Å². The lowest BCUT2D eigenvalue weighted by atomic mass is 9.72. The summed E-state index contributed by atoms with van der Waals surface area (Å²) in [5.41, 5.74) is 1.88. The van der Waals surface area contributed by atoms with E-state index in [1.165, 1.54) is 19.8 Å². The third-order valence-corrected chi connectivity index (χ3v) is 6.38. The van der Waals surface area contributed by atoms with Gasteiger partial charge in [-0.15, -0.1) is 0 Å². The van der Waals surface area contributed by atoms with Crippen molar-refractivity contribution in [3.05, 3.63) is 42.1 Å². The number of carbonyl (C=O) groups excluding carboxylic acids is 1. The molecule has 4 heterocycles. The average Bonchev–Trinajstić information content (AvgIpc) is 2.71. The molecule has 2 bridgehead atoms. The molecule has 3 saturated heterocycles. The van der Waals surface area contributed by atoms with Gasteiger partial charge >= 0.3 is 5.97 Å². The lowest BCUT2D eigenvalue weighted by molar-refractivity contribution is -0.166. The Balaban J connectivity index is 1.73. The summed E-state index contributed by atoms with van der Waals surface area (Å²) in [7, 11) is 0. The number of esters is 1. The first-order chi connectivity index (χ1) is 13.1. The van der Waals surface area contributed by atoms with E-state index in [-0.39, 0.29) is 12.1 Å². The third-order valence-electron chi connectivity index (χ3n) is 6.38. The van der Waals surface area contributed by atoms with E-state index in [0.717, 1.165) is 41.9 Å². The largest absolute Gasteiger partial charge is 0.454 e. The van der Waals surface area contributed by atoms with Crippen LogP contribution >= 0.6 is 0 Å². The second-order valence-electron chi connectivity index (χ2n) is 7.97. The quantitative estimate of drug-likeness (QED) is 0.821. The van der Waals surface area contributed by atoms with Gasteiger partial charge in [-0.1, -0.05) is 31.5 Å². The Bertz CT molecular complexity index is 817. The maximum atomic E-state index is 12.3. The molecule has 1 aromatic heterocycles. The number of benzene rings is 1. The van der Waals surface area contributed by atoms with Gasteiger partial charge in [0.05, 0.1) is 11.6 Å². The number of hydrogen-bond acceptors (Lipinski definition) is 5. The second-order valence-corrected chi connectivity index (χ2v) is 7.97.